The van der Waals surface area contributed by atoms with Gasteiger partial charge < -0.3 is 10.1 Å². The van der Waals surface area contributed by atoms with Crippen LogP contribution in [0.25, 0.3) is 0 Å². The Labute approximate surface area is 105 Å². The van der Waals surface area contributed by atoms with Crippen molar-refractivity contribution in [3.63, 3.8) is 0 Å². The molecule has 0 aliphatic heterocycles. The fraction of sp³-hybridized carbons (Fsp3) is 0.643. The lowest BCUT2D eigenvalue weighted by atomic mass is 10.2. The predicted molar refractivity (Wildman–Crippen MR) is 72.7 cm³/mol. The van der Waals surface area contributed by atoms with Gasteiger partial charge in [0.1, 0.15) is 5.75 Å². The quantitative estimate of drug-likeness (QED) is 0.661. The summed E-state index contributed by atoms with van der Waals surface area (Å²) in [5.41, 5.74) is 1.04. The normalized spacial score (nSPS) is 10.2. The molecule has 1 aromatic rings. The SMILES string of the molecule is CCCCCCOc1cncc(NCCC)c1. The summed E-state index contributed by atoms with van der Waals surface area (Å²) in [7, 11) is 0. The van der Waals surface area contributed by atoms with Gasteiger partial charge in [-0.1, -0.05) is 33.1 Å². The summed E-state index contributed by atoms with van der Waals surface area (Å²) in [6.07, 6.45) is 9.65. The standard InChI is InChI=1S/C14H24N2O/c1-3-5-6-7-9-17-14-10-13(11-15-12-14)16-8-4-2/h10-12,16H,3-9H2,1-2H3. The summed E-state index contributed by atoms with van der Waals surface area (Å²) in [6.45, 7) is 6.13. The second-order valence-electron chi connectivity index (χ2n) is 4.25. The highest BCUT2D eigenvalue weighted by Gasteiger charge is 1.97. The van der Waals surface area contributed by atoms with Gasteiger partial charge in [-0.15, -0.1) is 0 Å². The van der Waals surface area contributed by atoms with E-state index in [9.17, 15) is 0 Å². The van der Waals surface area contributed by atoms with Crippen molar-refractivity contribution >= 4 is 5.69 Å². The van der Waals surface area contributed by atoms with Crippen LogP contribution in [0.3, 0.4) is 0 Å². The molecule has 0 spiro atoms. The fourth-order valence-electron chi connectivity index (χ4n) is 1.58. The average molecular weight is 236 g/mol. The Kier molecular flexibility index (Phi) is 7.19. The molecule has 1 aromatic heterocycles. The number of hydrogen-bond acceptors (Lipinski definition) is 3. The van der Waals surface area contributed by atoms with Crippen molar-refractivity contribution < 1.29 is 4.74 Å². The summed E-state index contributed by atoms with van der Waals surface area (Å²) in [5.74, 6) is 0.864. The van der Waals surface area contributed by atoms with Gasteiger partial charge in [-0.3, -0.25) is 4.98 Å². The van der Waals surface area contributed by atoms with Crippen molar-refractivity contribution in [2.24, 2.45) is 0 Å². The van der Waals surface area contributed by atoms with E-state index in [0.29, 0.717) is 0 Å². The number of pyridine rings is 1. The summed E-state index contributed by atoms with van der Waals surface area (Å²) in [4.78, 5) is 4.17. The van der Waals surface area contributed by atoms with Crippen LogP contribution in [0.4, 0.5) is 5.69 Å². The highest BCUT2D eigenvalue weighted by atomic mass is 16.5. The molecule has 0 aromatic carbocycles. The van der Waals surface area contributed by atoms with Crippen LogP contribution in [0.5, 0.6) is 5.75 Å². The largest absolute Gasteiger partial charge is 0.492 e. The third-order valence-electron chi connectivity index (χ3n) is 2.56. The molecule has 0 saturated heterocycles. The Bertz CT molecular complexity index is 302. The van der Waals surface area contributed by atoms with E-state index in [0.717, 1.165) is 37.4 Å². The average Bonchev–Trinajstić information content (AvgIpc) is 2.37. The molecule has 0 amide bonds. The van der Waals surface area contributed by atoms with Crippen LogP contribution in [0, 0.1) is 0 Å². The van der Waals surface area contributed by atoms with Gasteiger partial charge in [0.2, 0.25) is 0 Å². The van der Waals surface area contributed by atoms with Crippen LogP contribution in [0.2, 0.25) is 0 Å². The number of nitrogens with zero attached hydrogens (tertiary/aromatic N) is 1. The first kappa shape index (κ1) is 13.8. The summed E-state index contributed by atoms with van der Waals surface area (Å²) < 4.78 is 5.67. The Morgan fingerprint density at radius 2 is 2.00 bits per heavy atom. The molecule has 3 nitrogen and oxygen atoms in total. The van der Waals surface area contributed by atoms with Gasteiger partial charge in [-0.05, 0) is 12.8 Å². The molecule has 0 aliphatic carbocycles. The van der Waals surface area contributed by atoms with Crippen molar-refractivity contribution in [3.05, 3.63) is 18.5 Å². The lowest BCUT2D eigenvalue weighted by Gasteiger charge is -2.08. The van der Waals surface area contributed by atoms with Gasteiger partial charge in [0.25, 0.3) is 0 Å². The zero-order valence-corrected chi connectivity index (χ0v) is 11.0. The smallest absolute Gasteiger partial charge is 0.139 e. The minimum atomic E-state index is 0.791. The van der Waals surface area contributed by atoms with Crippen LogP contribution < -0.4 is 10.1 Å². The van der Waals surface area contributed by atoms with Gasteiger partial charge in [0.15, 0.2) is 0 Å². The second-order valence-corrected chi connectivity index (χ2v) is 4.25. The maximum absolute atomic E-state index is 5.67. The molecule has 0 fully saturated rings. The van der Waals surface area contributed by atoms with Crippen LogP contribution >= 0.6 is 0 Å². The third-order valence-corrected chi connectivity index (χ3v) is 2.56. The highest BCUT2D eigenvalue weighted by Crippen LogP contribution is 2.15. The molecule has 0 saturated carbocycles. The van der Waals surface area contributed by atoms with E-state index in [4.69, 9.17) is 4.74 Å². The number of unbranched alkanes of at least 4 members (excludes halogenated alkanes) is 3. The van der Waals surface area contributed by atoms with Gasteiger partial charge in [0, 0.05) is 12.6 Å². The monoisotopic (exact) mass is 236 g/mol. The van der Waals surface area contributed by atoms with Crippen molar-refractivity contribution in [2.75, 3.05) is 18.5 Å². The topological polar surface area (TPSA) is 34.1 Å². The second kappa shape index (κ2) is 8.85. The lowest BCUT2D eigenvalue weighted by Crippen LogP contribution is -2.02. The van der Waals surface area contributed by atoms with Gasteiger partial charge in [0.05, 0.1) is 24.7 Å². The van der Waals surface area contributed by atoms with Gasteiger partial charge in [-0.2, -0.15) is 0 Å². The Hall–Kier alpha value is -1.25. The first-order chi connectivity index (χ1) is 8.36. The van der Waals surface area contributed by atoms with E-state index >= 15 is 0 Å². The molecule has 0 bridgehead atoms. The molecule has 96 valence electrons. The number of hydrogen-bond donors (Lipinski definition) is 1. The first-order valence-corrected chi connectivity index (χ1v) is 6.68. The summed E-state index contributed by atoms with van der Waals surface area (Å²) >= 11 is 0. The molecule has 17 heavy (non-hydrogen) atoms. The number of nitrogens with one attached hydrogen (secondary N) is 1. The molecular formula is C14H24N2O. The minimum absolute atomic E-state index is 0.791. The number of ether oxygens (including phenoxy) is 1. The molecule has 3 heteroatoms. The first-order valence-electron chi connectivity index (χ1n) is 6.68. The van der Waals surface area contributed by atoms with E-state index in [1.165, 1.54) is 19.3 Å². The van der Waals surface area contributed by atoms with Crippen LogP contribution in [-0.2, 0) is 0 Å². The number of anilines is 1. The highest BCUT2D eigenvalue weighted by molar-refractivity contribution is 5.44. The molecule has 1 N–H and O–H groups in total. The molecule has 0 radical (unpaired) electrons. The third kappa shape index (κ3) is 6.15. The van der Waals surface area contributed by atoms with Crippen LogP contribution in [0.15, 0.2) is 18.5 Å². The van der Waals surface area contributed by atoms with E-state index < -0.39 is 0 Å². The maximum Gasteiger partial charge on any atom is 0.139 e. The van der Waals surface area contributed by atoms with E-state index in [-0.39, 0.29) is 0 Å². The van der Waals surface area contributed by atoms with E-state index in [1.54, 1.807) is 6.20 Å². The van der Waals surface area contributed by atoms with E-state index in [2.05, 4.69) is 24.1 Å². The maximum atomic E-state index is 5.67. The van der Waals surface area contributed by atoms with Crippen LogP contribution in [0.1, 0.15) is 46.0 Å². The molecule has 1 heterocycles. The lowest BCUT2D eigenvalue weighted by molar-refractivity contribution is 0.304. The predicted octanol–water partition coefficient (Wildman–Crippen LogP) is 3.86. The minimum Gasteiger partial charge on any atom is -0.492 e. The zero-order chi connectivity index (χ0) is 12.3. The summed E-state index contributed by atoms with van der Waals surface area (Å²) in [5, 5.41) is 3.30. The van der Waals surface area contributed by atoms with Crippen LogP contribution in [-0.4, -0.2) is 18.1 Å². The zero-order valence-electron chi connectivity index (χ0n) is 11.0. The summed E-state index contributed by atoms with van der Waals surface area (Å²) in [6, 6.07) is 2.02. The Balaban J connectivity index is 2.27. The van der Waals surface area contributed by atoms with Crippen molar-refractivity contribution in [1.29, 1.82) is 0 Å². The molecule has 0 atom stereocenters. The van der Waals surface area contributed by atoms with Gasteiger partial charge in [-0.25, -0.2) is 0 Å². The molecule has 0 unspecified atom stereocenters. The van der Waals surface area contributed by atoms with E-state index in [1.807, 2.05) is 12.3 Å². The number of aromatic nitrogens is 1. The van der Waals surface area contributed by atoms with Crippen molar-refractivity contribution in [1.82, 2.24) is 4.98 Å². The molecular weight excluding hydrogens is 212 g/mol. The fourth-order valence-corrected chi connectivity index (χ4v) is 1.58. The van der Waals surface area contributed by atoms with Gasteiger partial charge >= 0.3 is 0 Å². The molecule has 1 rings (SSSR count). The Morgan fingerprint density at radius 1 is 1.12 bits per heavy atom. The molecule has 0 aliphatic rings. The van der Waals surface area contributed by atoms with Crippen molar-refractivity contribution in [2.45, 2.75) is 46.0 Å². The van der Waals surface area contributed by atoms with Crippen molar-refractivity contribution in [3.8, 4) is 5.75 Å². The Morgan fingerprint density at radius 3 is 2.76 bits per heavy atom. The number of rotatable bonds is 9.